The maximum atomic E-state index is 5.99. The number of hydrogen-bond acceptors (Lipinski definition) is 4. The van der Waals surface area contributed by atoms with E-state index in [1.807, 2.05) is 43.3 Å². The van der Waals surface area contributed by atoms with E-state index >= 15 is 0 Å². The second kappa shape index (κ2) is 7.65. The summed E-state index contributed by atoms with van der Waals surface area (Å²) >= 11 is 5.99. The number of nitrogens with zero attached hydrogens (tertiary/aromatic N) is 3. The first-order chi connectivity index (χ1) is 14.2. The van der Waals surface area contributed by atoms with Crippen molar-refractivity contribution in [2.45, 2.75) is 32.2 Å². The molecule has 5 rings (SSSR count). The Morgan fingerprint density at radius 3 is 2.79 bits per heavy atom. The highest BCUT2D eigenvalue weighted by molar-refractivity contribution is 6.30. The van der Waals surface area contributed by atoms with E-state index in [9.17, 15) is 0 Å². The fourth-order valence-electron chi connectivity index (χ4n) is 4.09. The van der Waals surface area contributed by atoms with Crippen molar-refractivity contribution < 1.29 is 4.42 Å². The van der Waals surface area contributed by atoms with Gasteiger partial charge in [-0.25, -0.2) is 9.97 Å². The number of fused-ring (bicyclic) bond motifs is 1. The van der Waals surface area contributed by atoms with Gasteiger partial charge >= 0.3 is 0 Å². The zero-order chi connectivity index (χ0) is 19.8. The lowest BCUT2D eigenvalue weighted by Gasteiger charge is -2.31. The van der Waals surface area contributed by atoms with Gasteiger partial charge in [-0.05, 0) is 62.7 Å². The maximum Gasteiger partial charge on any atom is 0.226 e. The van der Waals surface area contributed by atoms with Gasteiger partial charge in [0.1, 0.15) is 11.6 Å². The molecule has 29 heavy (non-hydrogen) atoms. The van der Waals surface area contributed by atoms with Crippen LogP contribution in [0, 0.1) is 6.92 Å². The number of benzene rings is 2. The summed E-state index contributed by atoms with van der Waals surface area (Å²) in [5.41, 5.74) is 4.10. The number of H-pyrrole nitrogens is 1. The van der Waals surface area contributed by atoms with Gasteiger partial charge in [-0.15, -0.1) is 0 Å². The molecule has 1 aliphatic rings. The Bertz CT molecular complexity index is 1100. The van der Waals surface area contributed by atoms with Crippen LogP contribution in [-0.4, -0.2) is 32.9 Å². The van der Waals surface area contributed by atoms with Crippen LogP contribution < -0.4 is 0 Å². The van der Waals surface area contributed by atoms with E-state index in [1.54, 1.807) is 0 Å². The molecule has 0 amide bonds. The molecule has 2 aromatic heterocycles. The van der Waals surface area contributed by atoms with Gasteiger partial charge in [0.05, 0.1) is 16.7 Å². The zero-order valence-electron chi connectivity index (χ0n) is 16.4. The molecule has 6 heteroatoms. The summed E-state index contributed by atoms with van der Waals surface area (Å²) < 4.78 is 5.93. The molecule has 0 saturated carbocycles. The van der Waals surface area contributed by atoms with Crippen LogP contribution in [0.15, 0.2) is 52.9 Å². The van der Waals surface area contributed by atoms with E-state index in [2.05, 4.69) is 22.0 Å². The van der Waals surface area contributed by atoms with Crippen LogP contribution in [0.5, 0.6) is 0 Å². The zero-order valence-corrected chi connectivity index (χ0v) is 17.1. The summed E-state index contributed by atoms with van der Waals surface area (Å²) in [6, 6.07) is 15.8. The van der Waals surface area contributed by atoms with Crippen molar-refractivity contribution in [3.63, 3.8) is 0 Å². The molecular formula is C23H23ClN4O. The van der Waals surface area contributed by atoms with Crippen molar-refractivity contribution in [1.82, 2.24) is 19.9 Å². The summed E-state index contributed by atoms with van der Waals surface area (Å²) in [4.78, 5) is 15.5. The smallest absolute Gasteiger partial charge is 0.226 e. The van der Waals surface area contributed by atoms with Gasteiger partial charge in [-0.3, -0.25) is 4.90 Å². The lowest BCUT2D eigenvalue weighted by atomic mass is 9.97. The highest BCUT2D eigenvalue weighted by Crippen LogP contribution is 2.29. The first-order valence-corrected chi connectivity index (χ1v) is 10.4. The second-order valence-corrected chi connectivity index (χ2v) is 8.18. The van der Waals surface area contributed by atoms with Gasteiger partial charge in [0.25, 0.3) is 0 Å². The Morgan fingerprint density at radius 1 is 1.14 bits per heavy atom. The number of aromatic amines is 1. The minimum Gasteiger partial charge on any atom is -0.441 e. The average molecular weight is 407 g/mol. The number of oxazole rings is 1. The molecule has 0 aliphatic carbocycles. The van der Waals surface area contributed by atoms with E-state index in [1.165, 1.54) is 0 Å². The molecule has 0 radical (unpaired) electrons. The van der Waals surface area contributed by atoms with E-state index < -0.39 is 0 Å². The number of aryl methyl sites for hydroxylation is 1. The predicted octanol–water partition coefficient (Wildman–Crippen LogP) is 5.56. The third kappa shape index (κ3) is 3.80. The molecule has 1 N–H and O–H groups in total. The summed E-state index contributed by atoms with van der Waals surface area (Å²) in [6.45, 7) is 4.82. The number of imidazole rings is 1. The van der Waals surface area contributed by atoms with E-state index in [0.29, 0.717) is 16.8 Å². The molecule has 0 spiro atoms. The summed E-state index contributed by atoms with van der Waals surface area (Å²) in [7, 11) is 0. The number of piperidine rings is 1. The minimum atomic E-state index is 0.416. The Labute approximate surface area is 174 Å². The summed E-state index contributed by atoms with van der Waals surface area (Å²) in [6.07, 6.45) is 2.31. The van der Waals surface area contributed by atoms with E-state index in [4.69, 9.17) is 26.0 Å². The number of nitrogens with one attached hydrogen (secondary N) is 1. The first kappa shape index (κ1) is 18.4. The first-order valence-electron chi connectivity index (χ1n) is 10.0. The van der Waals surface area contributed by atoms with Crippen molar-refractivity contribution in [3.8, 4) is 11.5 Å². The van der Waals surface area contributed by atoms with Gasteiger partial charge in [0.2, 0.25) is 5.89 Å². The topological polar surface area (TPSA) is 58.0 Å². The molecule has 1 unspecified atom stereocenters. The van der Waals surface area contributed by atoms with Crippen LogP contribution in [0.1, 0.15) is 36.0 Å². The van der Waals surface area contributed by atoms with Crippen LogP contribution in [0.3, 0.4) is 0 Å². The van der Waals surface area contributed by atoms with Crippen LogP contribution in [0.25, 0.3) is 22.5 Å². The molecule has 1 aliphatic heterocycles. The normalized spacial score (nSPS) is 17.8. The molecule has 4 aromatic rings. The molecule has 148 valence electrons. The Hall–Kier alpha value is -2.63. The Balaban J connectivity index is 1.32. The fourth-order valence-corrected chi connectivity index (χ4v) is 4.22. The number of halogens is 1. The third-order valence-electron chi connectivity index (χ3n) is 5.66. The highest BCUT2D eigenvalue weighted by atomic mass is 35.5. The highest BCUT2D eigenvalue weighted by Gasteiger charge is 2.25. The van der Waals surface area contributed by atoms with Crippen molar-refractivity contribution in [2.75, 3.05) is 13.1 Å². The molecule has 1 atom stereocenters. The monoisotopic (exact) mass is 406 g/mol. The average Bonchev–Trinajstić information content (AvgIpc) is 3.33. The van der Waals surface area contributed by atoms with Gasteiger partial charge < -0.3 is 9.40 Å². The fraction of sp³-hybridized carbons (Fsp3) is 0.304. The standard InChI is InChI=1S/C23H23ClN4O/c1-15-21(27-23(29-15)16-8-10-18(24)11-9-16)14-28-12-4-5-17(13-28)22-25-19-6-2-3-7-20(19)26-22/h2-3,6-11,17H,4-5,12-14H2,1H3,(H,25,26). The number of para-hydroxylation sites is 2. The van der Waals surface area contributed by atoms with E-state index in [-0.39, 0.29) is 0 Å². The minimum absolute atomic E-state index is 0.416. The Morgan fingerprint density at radius 2 is 1.97 bits per heavy atom. The number of hydrogen-bond donors (Lipinski definition) is 1. The van der Waals surface area contributed by atoms with Gasteiger partial charge in [-0.2, -0.15) is 0 Å². The predicted molar refractivity (Wildman–Crippen MR) is 115 cm³/mol. The Kier molecular flexibility index (Phi) is 4.86. The number of rotatable bonds is 4. The second-order valence-electron chi connectivity index (χ2n) is 7.74. The van der Waals surface area contributed by atoms with E-state index in [0.717, 1.165) is 66.4 Å². The van der Waals surface area contributed by atoms with Gasteiger partial charge in [-0.1, -0.05) is 23.7 Å². The van der Waals surface area contributed by atoms with Gasteiger partial charge in [0, 0.05) is 29.6 Å². The number of aromatic nitrogens is 3. The molecule has 2 aromatic carbocycles. The van der Waals surface area contributed by atoms with Crippen molar-refractivity contribution >= 4 is 22.6 Å². The van der Waals surface area contributed by atoms with Crippen LogP contribution >= 0.6 is 11.6 Å². The quantitative estimate of drug-likeness (QED) is 0.482. The van der Waals surface area contributed by atoms with Crippen molar-refractivity contribution in [1.29, 1.82) is 0 Å². The molecule has 0 bridgehead atoms. The van der Waals surface area contributed by atoms with Crippen molar-refractivity contribution in [3.05, 3.63) is 70.8 Å². The maximum absolute atomic E-state index is 5.99. The molecule has 1 fully saturated rings. The van der Waals surface area contributed by atoms with Crippen LogP contribution in [0.4, 0.5) is 0 Å². The van der Waals surface area contributed by atoms with Gasteiger partial charge in [0.15, 0.2) is 0 Å². The number of likely N-dealkylation sites (tertiary alicyclic amines) is 1. The lowest BCUT2D eigenvalue weighted by Crippen LogP contribution is -2.34. The molecule has 3 heterocycles. The summed E-state index contributed by atoms with van der Waals surface area (Å²) in [5.74, 6) is 3.04. The van der Waals surface area contributed by atoms with Crippen LogP contribution in [0.2, 0.25) is 5.02 Å². The molecule has 1 saturated heterocycles. The van der Waals surface area contributed by atoms with Crippen LogP contribution in [-0.2, 0) is 6.54 Å². The van der Waals surface area contributed by atoms with Crippen molar-refractivity contribution in [2.24, 2.45) is 0 Å². The molecular weight excluding hydrogens is 384 g/mol. The third-order valence-corrected chi connectivity index (χ3v) is 5.91. The molecule has 5 nitrogen and oxygen atoms in total. The summed E-state index contributed by atoms with van der Waals surface area (Å²) in [5, 5.41) is 0.710. The largest absolute Gasteiger partial charge is 0.441 e. The lowest BCUT2D eigenvalue weighted by molar-refractivity contribution is 0.194. The SMILES string of the molecule is Cc1oc(-c2ccc(Cl)cc2)nc1CN1CCCC(c2nc3ccccc3[nH]2)C1.